The van der Waals surface area contributed by atoms with Crippen molar-refractivity contribution in [2.45, 2.75) is 38.7 Å². The normalized spacial score (nSPS) is 33.0. The number of allylic oxidation sites excluding steroid dienone is 2. The number of hydrogen-bond acceptors (Lipinski definition) is 3. The van der Waals surface area contributed by atoms with Gasteiger partial charge in [0.05, 0.1) is 5.92 Å². The molecule has 0 saturated heterocycles. The van der Waals surface area contributed by atoms with E-state index in [2.05, 4.69) is 6.08 Å². The van der Waals surface area contributed by atoms with Crippen LogP contribution in [0, 0.1) is 5.92 Å². The van der Waals surface area contributed by atoms with Crippen molar-refractivity contribution in [1.82, 2.24) is 0 Å². The van der Waals surface area contributed by atoms with Crippen LogP contribution >= 0.6 is 0 Å². The maximum Gasteiger partial charge on any atom is 0.303 e. The molecule has 2 unspecified atom stereocenters. The molecule has 0 aromatic heterocycles. The monoisotopic (exact) mass is 220 g/mol. The van der Waals surface area contributed by atoms with Gasteiger partial charge in [-0.3, -0.25) is 9.59 Å². The molecule has 2 aliphatic rings. The zero-order valence-corrected chi connectivity index (χ0v) is 9.66. The van der Waals surface area contributed by atoms with Crippen molar-refractivity contribution in [1.29, 1.82) is 0 Å². The minimum atomic E-state index is -0.779. The van der Waals surface area contributed by atoms with Crippen LogP contribution in [0.5, 0.6) is 0 Å². The van der Waals surface area contributed by atoms with Crippen molar-refractivity contribution >= 4 is 11.8 Å². The molecule has 0 saturated carbocycles. The van der Waals surface area contributed by atoms with Gasteiger partial charge in [0.1, 0.15) is 5.60 Å². The molecule has 0 spiro atoms. The lowest BCUT2D eigenvalue weighted by molar-refractivity contribution is -0.154. The van der Waals surface area contributed by atoms with Crippen LogP contribution in [0.15, 0.2) is 23.8 Å². The van der Waals surface area contributed by atoms with Crippen molar-refractivity contribution in [2.75, 3.05) is 0 Å². The molecule has 16 heavy (non-hydrogen) atoms. The molecule has 0 amide bonds. The third-order valence-corrected chi connectivity index (χ3v) is 3.25. The van der Waals surface area contributed by atoms with E-state index < -0.39 is 5.60 Å². The number of hydrogen-bond donors (Lipinski definition) is 0. The van der Waals surface area contributed by atoms with E-state index in [1.165, 1.54) is 13.0 Å². The summed E-state index contributed by atoms with van der Waals surface area (Å²) in [5.74, 6) is -0.582. The lowest BCUT2D eigenvalue weighted by atomic mass is 9.84. The lowest BCUT2D eigenvalue weighted by Crippen LogP contribution is -2.38. The van der Waals surface area contributed by atoms with Crippen LogP contribution in [-0.4, -0.2) is 17.4 Å². The Morgan fingerprint density at radius 2 is 2.31 bits per heavy atom. The average Bonchev–Trinajstić information content (AvgIpc) is 2.74. The third-order valence-electron chi connectivity index (χ3n) is 3.25. The minimum Gasteiger partial charge on any atom is -0.454 e. The Balaban J connectivity index is 2.27. The van der Waals surface area contributed by atoms with Crippen LogP contribution in [0.25, 0.3) is 0 Å². The van der Waals surface area contributed by atoms with Crippen molar-refractivity contribution in [3.05, 3.63) is 23.8 Å². The van der Waals surface area contributed by atoms with Gasteiger partial charge in [0.25, 0.3) is 0 Å². The Kier molecular flexibility index (Phi) is 2.70. The first kappa shape index (κ1) is 11.1. The summed E-state index contributed by atoms with van der Waals surface area (Å²) in [5.41, 5.74) is 0.345. The van der Waals surface area contributed by atoms with Gasteiger partial charge in [-0.25, -0.2) is 0 Å². The fourth-order valence-electron chi connectivity index (χ4n) is 2.63. The topological polar surface area (TPSA) is 43.4 Å². The van der Waals surface area contributed by atoms with Crippen LogP contribution in [0.1, 0.15) is 33.1 Å². The predicted octanol–water partition coefficient (Wildman–Crippen LogP) is 2.17. The molecule has 0 heterocycles. The van der Waals surface area contributed by atoms with Gasteiger partial charge in [-0.1, -0.05) is 11.6 Å². The zero-order chi connectivity index (χ0) is 11.8. The molecule has 2 aliphatic carbocycles. The zero-order valence-electron chi connectivity index (χ0n) is 9.66. The van der Waals surface area contributed by atoms with Crippen LogP contribution in [0.3, 0.4) is 0 Å². The maximum atomic E-state index is 11.8. The molecule has 0 aromatic rings. The first-order valence-electron chi connectivity index (χ1n) is 5.64. The standard InChI is InChI=1S/C13H16O3/c1-9(14)16-13(2)8-7-11(15)12(13)10-5-3-4-6-10/h5,7-8,12H,3-4,6H2,1-2H3. The molecule has 0 N–H and O–H groups in total. The highest BCUT2D eigenvalue weighted by atomic mass is 16.6. The van der Waals surface area contributed by atoms with Crippen LogP contribution < -0.4 is 0 Å². The van der Waals surface area contributed by atoms with Gasteiger partial charge in [0.15, 0.2) is 5.78 Å². The number of ether oxygens (including phenoxy) is 1. The van der Waals surface area contributed by atoms with E-state index in [0.717, 1.165) is 24.8 Å². The highest BCUT2D eigenvalue weighted by Gasteiger charge is 2.45. The van der Waals surface area contributed by atoms with Crippen molar-refractivity contribution in [3.8, 4) is 0 Å². The highest BCUT2D eigenvalue weighted by molar-refractivity contribution is 5.98. The third kappa shape index (κ3) is 1.82. The lowest BCUT2D eigenvalue weighted by Gasteiger charge is -2.30. The van der Waals surface area contributed by atoms with E-state index in [4.69, 9.17) is 4.74 Å². The summed E-state index contributed by atoms with van der Waals surface area (Å²) < 4.78 is 5.31. The molecule has 3 heteroatoms. The second-order valence-electron chi connectivity index (χ2n) is 4.62. The molecule has 0 aliphatic heterocycles. The van der Waals surface area contributed by atoms with Crippen LogP contribution in [0.2, 0.25) is 0 Å². The van der Waals surface area contributed by atoms with E-state index in [-0.39, 0.29) is 17.7 Å². The summed E-state index contributed by atoms with van der Waals surface area (Å²) in [7, 11) is 0. The fourth-order valence-corrected chi connectivity index (χ4v) is 2.63. The molecule has 2 atom stereocenters. The SMILES string of the molecule is CC(=O)OC1(C)C=CC(=O)C1C1=CCCC1. The van der Waals surface area contributed by atoms with E-state index >= 15 is 0 Å². The Bertz CT molecular complexity index is 392. The summed E-state index contributed by atoms with van der Waals surface area (Å²) in [6.45, 7) is 3.18. The molecular weight excluding hydrogens is 204 g/mol. The van der Waals surface area contributed by atoms with Crippen LogP contribution in [0.4, 0.5) is 0 Å². The van der Waals surface area contributed by atoms with Gasteiger partial charge in [0, 0.05) is 6.92 Å². The molecule has 0 aromatic carbocycles. The molecule has 0 radical (unpaired) electrons. The van der Waals surface area contributed by atoms with Gasteiger partial charge >= 0.3 is 5.97 Å². The van der Waals surface area contributed by atoms with E-state index in [1.807, 2.05) is 0 Å². The summed E-state index contributed by atoms with van der Waals surface area (Å²) in [6.07, 6.45) is 8.41. The van der Waals surface area contributed by atoms with Crippen LogP contribution in [-0.2, 0) is 14.3 Å². The quantitative estimate of drug-likeness (QED) is 0.529. The second kappa shape index (κ2) is 3.89. The minimum absolute atomic E-state index is 0.0527. The summed E-state index contributed by atoms with van der Waals surface area (Å²) in [4.78, 5) is 22.9. The fraction of sp³-hybridized carbons (Fsp3) is 0.538. The number of carbonyl (C=O) groups excluding carboxylic acids is 2. The highest BCUT2D eigenvalue weighted by Crippen LogP contribution is 2.39. The molecule has 2 rings (SSSR count). The Morgan fingerprint density at radius 3 is 2.88 bits per heavy atom. The van der Waals surface area contributed by atoms with Crippen molar-refractivity contribution in [2.24, 2.45) is 5.92 Å². The van der Waals surface area contributed by atoms with Gasteiger partial charge in [0.2, 0.25) is 0 Å². The maximum absolute atomic E-state index is 11.8. The second-order valence-corrected chi connectivity index (χ2v) is 4.62. The van der Waals surface area contributed by atoms with Crippen molar-refractivity contribution in [3.63, 3.8) is 0 Å². The number of esters is 1. The van der Waals surface area contributed by atoms with E-state index in [1.54, 1.807) is 13.0 Å². The summed E-state index contributed by atoms with van der Waals surface area (Å²) in [5, 5.41) is 0. The molecule has 86 valence electrons. The molecule has 0 fully saturated rings. The van der Waals surface area contributed by atoms with Gasteiger partial charge in [-0.05, 0) is 38.3 Å². The Labute approximate surface area is 95.2 Å². The number of carbonyl (C=O) groups is 2. The first-order valence-corrected chi connectivity index (χ1v) is 5.64. The van der Waals surface area contributed by atoms with E-state index in [9.17, 15) is 9.59 Å². The summed E-state index contributed by atoms with van der Waals surface area (Å²) >= 11 is 0. The predicted molar refractivity (Wildman–Crippen MR) is 59.7 cm³/mol. The molecule has 0 bridgehead atoms. The smallest absolute Gasteiger partial charge is 0.303 e. The molecular formula is C13H16O3. The van der Waals surface area contributed by atoms with Gasteiger partial charge < -0.3 is 4.74 Å². The first-order chi connectivity index (χ1) is 7.53. The van der Waals surface area contributed by atoms with E-state index in [0.29, 0.717) is 0 Å². The Morgan fingerprint density at radius 1 is 1.56 bits per heavy atom. The Hall–Kier alpha value is -1.38. The number of ketones is 1. The van der Waals surface area contributed by atoms with Gasteiger partial charge in [-0.2, -0.15) is 0 Å². The van der Waals surface area contributed by atoms with Gasteiger partial charge in [-0.15, -0.1) is 0 Å². The van der Waals surface area contributed by atoms with Crippen molar-refractivity contribution < 1.29 is 14.3 Å². The molecule has 3 nitrogen and oxygen atoms in total. The number of rotatable bonds is 2. The summed E-state index contributed by atoms with van der Waals surface area (Å²) in [6, 6.07) is 0. The average molecular weight is 220 g/mol. The largest absolute Gasteiger partial charge is 0.454 e.